The van der Waals surface area contributed by atoms with Crippen molar-refractivity contribution in [2.45, 2.75) is 6.92 Å². The standard InChI is InChI=1S/C14H15NO/c1-10(2)13-9-15(14(16)11(13)3)12-7-5-4-6-8-12/h4-8,13H,1,3,9H2,2H3. The summed E-state index contributed by atoms with van der Waals surface area (Å²) >= 11 is 0. The third kappa shape index (κ3) is 1.67. The second-order valence-electron chi connectivity index (χ2n) is 4.18. The van der Waals surface area contributed by atoms with Crippen LogP contribution in [0.15, 0.2) is 54.6 Å². The molecule has 1 heterocycles. The molecule has 1 unspecified atom stereocenters. The summed E-state index contributed by atoms with van der Waals surface area (Å²) in [4.78, 5) is 13.8. The minimum absolute atomic E-state index is 0.0131. The maximum Gasteiger partial charge on any atom is 0.254 e. The maximum absolute atomic E-state index is 12.0. The van der Waals surface area contributed by atoms with Gasteiger partial charge in [-0.25, -0.2) is 0 Å². The lowest BCUT2D eigenvalue weighted by atomic mass is 9.97. The molecule has 1 aliphatic heterocycles. The molecule has 82 valence electrons. The minimum atomic E-state index is 0.0131. The number of para-hydroxylation sites is 1. The molecule has 0 N–H and O–H groups in total. The van der Waals surface area contributed by atoms with Crippen molar-refractivity contribution >= 4 is 11.6 Å². The van der Waals surface area contributed by atoms with Gasteiger partial charge in [0.25, 0.3) is 5.91 Å². The quantitative estimate of drug-likeness (QED) is 0.546. The molecule has 1 saturated heterocycles. The summed E-state index contributed by atoms with van der Waals surface area (Å²) < 4.78 is 0. The third-order valence-electron chi connectivity index (χ3n) is 2.97. The Bertz CT molecular complexity index is 447. The molecule has 1 aromatic rings. The van der Waals surface area contributed by atoms with Gasteiger partial charge in [0.1, 0.15) is 0 Å². The topological polar surface area (TPSA) is 20.3 Å². The van der Waals surface area contributed by atoms with E-state index in [9.17, 15) is 4.79 Å². The molecule has 0 bridgehead atoms. The first-order chi connectivity index (χ1) is 7.61. The van der Waals surface area contributed by atoms with Gasteiger partial charge < -0.3 is 4.90 Å². The number of hydrogen-bond acceptors (Lipinski definition) is 1. The summed E-state index contributed by atoms with van der Waals surface area (Å²) in [6, 6.07) is 9.67. The number of amides is 1. The summed E-state index contributed by atoms with van der Waals surface area (Å²) in [5.74, 6) is 0.104. The van der Waals surface area contributed by atoms with E-state index in [0.717, 1.165) is 11.3 Å². The van der Waals surface area contributed by atoms with E-state index in [1.807, 2.05) is 37.3 Å². The number of anilines is 1. The summed E-state index contributed by atoms with van der Waals surface area (Å²) in [5, 5.41) is 0. The van der Waals surface area contributed by atoms with Crippen LogP contribution in [-0.2, 0) is 4.79 Å². The molecule has 2 rings (SSSR count). The van der Waals surface area contributed by atoms with E-state index in [1.165, 1.54) is 0 Å². The summed E-state index contributed by atoms with van der Waals surface area (Å²) in [6.07, 6.45) is 0. The lowest BCUT2D eigenvalue weighted by molar-refractivity contribution is -0.114. The van der Waals surface area contributed by atoms with Crippen molar-refractivity contribution in [1.29, 1.82) is 0 Å². The van der Waals surface area contributed by atoms with E-state index in [2.05, 4.69) is 13.2 Å². The van der Waals surface area contributed by atoms with Crippen molar-refractivity contribution < 1.29 is 4.79 Å². The van der Waals surface area contributed by atoms with Gasteiger partial charge >= 0.3 is 0 Å². The van der Waals surface area contributed by atoms with Crippen LogP contribution in [0.2, 0.25) is 0 Å². The van der Waals surface area contributed by atoms with Gasteiger partial charge in [0.05, 0.1) is 0 Å². The van der Waals surface area contributed by atoms with Gasteiger partial charge in [0.15, 0.2) is 0 Å². The zero-order valence-electron chi connectivity index (χ0n) is 9.44. The van der Waals surface area contributed by atoms with Gasteiger partial charge in [-0.2, -0.15) is 0 Å². The van der Waals surface area contributed by atoms with Crippen LogP contribution in [0.3, 0.4) is 0 Å². The SMILES string of the molecule is C=C(C)C1CN(c2ccccc2)C(=O)C1=C. The monoisotopic (exact) mass is 213 g/mol. The van der Waals surface area contributed by atoms with Crippen LogP contribution in [0, 0.1) is 5.92 Å². The Balaban J connectivity index is 2.30. The average Bonchev–Trinajstić information content (AvgIpc) is 2.58. The Hall–Kier alpha value is -1.83. The zero-order valence-corrected chi connectivity index (χ0v) is 9.44. The van der Waals surface area contributed by atoms with Gasteiger partial charge in [-0.1, -0.05) is 36.9 Å². The lowest BCUT2D eigenvalue weighted by Gasteiger charge is -2.15. The Morgan fingerprint density at radius 2 is 2.00 bits per heavy atom. The van der Waals surface area contributed by atoms with E-state index >= 15 is 0 Å². The van der Waals surface area contributed by atoms with Crippen LogP contribution in [-0.4, -0.2) is 12.5 Å². The maximum atomic E-state index is 12.0. The number of nitrogens with zero attached hydrogens (tertiary/aromatic N) is 1. The van der Waals surface area contributed by atoms with Crippen LogP contribution in [0.5, 0.6) is 0 Å². The zero-order chi connectivity index (χ0) is 11.7. The van der Waals surface area contributed by atoms with Crippen molar-refractivity contribution in [3.63, 3.8) is 0 Å². The molecule has 1 amide bonds. The highest BCUT2D eigenvalue weighted by molar-refractivity contribution is 6.08. The fraction of sp³-hybridized carbons (Fsp3) is 0.214. The highest BCUT2D eigenvalue weighted by Gasteiger charge is 2.34. The fourth-order valence-corrected chi connectivity index (χ4v) is 1.98. The Morgan fingerprint density at radius 3 is 2.50 bits per heavy atom. The lowest BCUT2D eigenvalue weighted by Crippen LogP contribution is -2.24. The second kappa shape index (κ2) is 3.97. The van der Waals surface area contributed by atoms with Crippen molar-refractivity contribution in [1.82, 2.24) is 0 Å². The van der Waals surface area contributed by atoms with E-state index in [4.69, 9.17) is 0 Å². The molecule has 0 spiro atoms. The first kappa shape index (κ1) is 10.7. The van der Waals surface area contributed by atoms with Gasteiger partial charge in [-0.15, -0.1) is 0 Å². The first-order valence-electron chi connectivity index (χ1n) is 5.32. The molecule has 0 saturated carbocycles. The van der Waals surface area contributed by atoms with Crippen LogP contribution in [0.1, 0.15) is 6.92 Å². The second-order valence-corrected chi connectivity index (χ2v) is 4.18. The summed E-state index contributed by atoms with van der Waals surface area (Å²) in [6.45, 7) is 10.4. The number of carbonyl (C=O) groups is 1. The predicted octanol–water partition coefficient (Wildman–Crippen LogP) is 2.78. The normalized spacial score (nSPS) is 20.3. The van der Waals surface area contributed by atoms with E-state index in [-0.39, 0.29) is 11.8 Å². The number of rotatable bonds is 2. The third-order valence-corrected chi connectivity index (χ3v) is 2.97. The van der Waals surface area contributed by atoms with Gasteiger partial charge in [-0.3, -0.25) is 4.79 Å². The summed E-state index contributed by atoms with van der Waals surface area (Å²) in [7, 11) is 0. The van der Waals surface area contributed by atoms with Crippen molar-refractivity contribution in [3.8, 4) is 0 Å². The number of hydrogen-bond donors (Lipinski definition) is 0. The van der Waals surface area contributed by atoms with Crippen LogP contribution in [0.4, 0.5) is 5.69 Å². The van der Waals surface area contributed by atoms with E-state index < -0.39 is 0 Å². The molecule has 1 aliphatic rings. The minimum Gasteiger partial charge on any atom is -0.308 e. The molecule has 1 fully saturated rings. The molecular weight excluding hydrogens is 198 g/mol. The highest BCUT2D eigenvalue weighted by Crippen LogP contribution is 2.31. The van der Waals surface area contributed by atoms with Crippen molar-refractivity contribution in [2.24, 2.45) is 5.92 Å². The molecule has 2 nitrogen and oxygen atoms in total. The predicted molar refractivity (Wildman–Crippen MR) is 66.2 cm³/mol. The van der Waals surface area contributed by atoms with Crippen LogP contribution >= 0.6 is 0 Å². The van der Waals surface area contributed by atoms with Gasteiger partial charge in [0, 0.05) is 23.7 Å². The largest absolute Gasteiger partial charge is 0.308 e. The van der Waals surface area contributed by atoms with Gasteiger partial charge in [0.2, 0.25) is 0 Å². The molecule has 0 radical (unpaired) electrons. The van der Waals surface area contributed by atoms with Gasteiger partial charge in [-0.05, 0) is 19.1 Å². The Labute approximate surface area is 95.9 Å². The highest BCUT2D eigenvalue weighted by atomic mass is 16.2. The average molecular weight is 213 g/mol. The fourth-order valence-electron chi connectivity index (χ4n) is 1.98. The molecule has 1 atom stereocenters. The Morgan fingerprint density at radius 1 is 1.38 bits per heavy atom. The molecule has 2 heteroatoms. The van der Waals surface area contributed by atoms with E-state index in [0.29, 0.717) is 12.1 Å². The molecule has 0 aliphatic carbocycles. The van der Waals surface area contributed by atoms with Crippen molar-refractivity contribution in [2.75, 3.05) is 11.4 Å². The Kier molecular flexibility index (Phi) is 2.65. The van der Waals surface area contributed by atoms with Crippen LogP contribution < -0.4 is 4.90 Å². The first-order valence-corrected chi connectivity index (χ1v) is 5.32. The van der Waals surface area contributed by atoms with E-state index in [1.54, 1.807) is 4.90 Å². The summed E-state index contributed by atoms with van der Waals surface area (Å²) in [5.41, 5.74) is 2.57. The molecular formula is C14H15NO. The van der Waals surface area contributed by atoms with Crippen LogP contribution in [0.25, 0.3) is 0 Å². The smallest absolute Gasteiger partial charge is 0.254 e. The molecule has 0 aromatic heterocycles. The molecule has 1 aromatic carbocycles. The number of carbonyl (C=O) groups excluding carboxylic acids is 1. The number of benzene rings is 1. The molecule has 16 heavy (non-hydrogen) atoms. The van der Waals surface area contributed by atoms with Crippen molar-refractivity contribution in [3.05, 3.63) is 54.6 Å².